The summed E-state index contributed by atoms with van der Waals surface area (Å²) >= 11 is 1.53. The first-order chi connectivity index (χ1) is 11.7. The lowest BCUT2D eigenvalue weighted by atomic mass is 10.1. The highest BCUT2D eigenvalue weighted by molar-refractivity contribution is 7.17. The van der Waals surface area contributed by atoms with E-state index in [1.807, 2.05) is 35.7 Å². The van der Waals surface area contributed by atoms with E-state index in [9.17, 15) is 4.79 Å². The van der Waals surface area contributed by atoms with Crippen LogP contribution in [-0.4, -0.2) is 40.7 Å². The first-order valence-electron chi connectivity index (χ1n) is 8.10. The van der Waals surface area contributed by atoms with Crippen molar-refractivity contribution in [2.24, 2.45) is 0 Å². The van der Waals surface area contributed by atoms with E-state index in [1.54, 1.807) is 0 Å². The minimum Gasteiger partial charge on any atom is -0.376 e. The Balaban J connectivity index is 1.68. The first-order valence-corrected chi connectivity index (χ1v) is 8.98. The van der Waals surface area contributed by atoms with E-state index in [1.165, 1.54) is 11.3 Å². The quantitative estimate of drug-likeness (QED) is 0.796. The van der Waals surface area contributed by atoms with Crippen molar-refractivity contribution in [2.75, 3.05) is 19.7 Å². The Labute approximate surface area is 143 Å². The lowest BCUT2D eigenvalue weighted by Crippen LogP contribution is -2.41. The highest BCUT2D eigenvalue weighted by atomic mass is 32.1. The molecule has 6 heteroatoms. The Morgan fingerprint density at radius 2 is 2.21 bits per heavy atom. The van der Waals surface area contributed by atoms with Gasteiger partial charge >= 0.3 is 0 Å². The summed E-state index contributed by atoms with van der Waals surface area (Å²) in [4.78, 5) is 23.3. The first kappa shape index (κ1) is 15.5. The number of morpholine rings is 1. The number of H-pyrrole nitrogens is 1. The van der Waals surface area contributed by atoms with Gasteiger partial charge in [0.15, 0.2) is 0 Å². The molecule has 3 aromatic rings. The molecule has 0 spiro atoms. The van der Waals surface area contributed by atoms with Gasteiger partial charge in [0.25, 0.3) is 5.56 Å². The van der Waals surface area contributed by atoms with E-state index in [0.29, 0.717) is 11.9 Å². The van der Waals surface area contributed by atoms with E-state index < -0.39 is 0 Å². The summed E-state index contributed by atoms with van der Waals surface area (Å²) in [7, 11) is 0. The third kappa shape index (κ3) is 3.00. The van der Waals surface area contributed by atoms with Gasteiger partial charge in [-0.2, -0.15) is 0 Å². The number of benzene rings is 1. The van der Waals surface area contributed by atoms with Gasteiger partial charge in [-0.3, -0.25) is 9.69 Å². The maximum Gasteiger partial charge on any atom is 0.260 e. The number of aromatic nitrogens is 2. The lowest BCUT2D eigenvalue weighted by molar-refractivity contribution is -0.0219. The Hall–Kier alpha value is -2.02. The van der Waals surface area contributed by atoms with Gasteiger partial charge in [0.1, 0.15) is 10.7 Å². The van der Waals surface area contributed by atoms with Crippen molar-refractivity contribution in [2.45, 2.75) is 19.6 Å². The Bertz CT molecular complexity index is 904. The molecule has 0 amide bonds. The molecule has 4 rings (SSSR count). The van der Waals surface area contributed by atoms with Crippen LogP contribution in [0, 0.1) is 0 Å². The van der Waals surface area contributed by atoms with Crippen molar-refractivity contribution in [3.63, 3.8) is 0 Å². The van der Waals surface area contributed by atoms with Gasteiger partial charge < -0.3 is 9.72 Å². The van der Waals surface area contributed by atoms with Gasteiger partial charge in [0.2, 0.25) is 0 Å². The molecular weight excluding hydrogens is 322 g/mol. The topological polar surface area (TPSA) is 58.2 Å². The predicted molar refractivity (Wildman–Crippen MR) is 96.4 cm³/mol. The average Bonchev–Trinajstić information content (AvgIpc) is 3.00. The molecule has 1 atom stereocenters. The summed E-state index contributed by atoms with van der Waals surface area (Å²) in [6.07, 6.45) is 0.223. The van der Waals surface area contributed by atoms with Gasteiger partial charge in [-0.25, -0.2) is 4.98 Å². The molecule has 0 unspecified atom stereocenters. The summed E-state index contributed by atoms with van der Waals surface area (Å²) < 4.78 is 5.56. The molecule has 5 nitrogen and oxygen atoms in total. The summed E-state index contributed by atoms with van der Waals surface area (Å²) in [5.74, 6) is 0.725. The number of nitrogens with zero attached hydrogens (tertiary/aromatic N) is 2. The molecule has 1 aliphatic rings. The zero-order valence-corrected chi connectivity index (χ0v) is 14.3. The molecular formula is C18H19N3O2S. The van der Waals surface area contributed by atoms with Crippen LogP contribution in [0.1, 0.15) is 12.7 Å². The Morgan fingerprint density at radius 1 is 1.38 bits per heavy atom. The molecule has 1 saturated heterocycles. The van der Waals surface area contributed by atoms with Crippen molar-refractivity contribution < 1.29 is 4.74 Å². The largest absolute Gasteiger partial charge is 0.376 e. The van der Waals surface area contributed by atoms with Crippen molar-refractivity contribution >= 4 is 21.6 Å². The smallest absolute Gasteiger partial charge is 0.260 e. The summed E-state index contributed by atoms with van der Waals surface area (Å²) in [5, 5.41) is 2.70. The molecule has 24 heavy (non-hydrogen) atoms. The monoisotopic (exact) mass is 341 g/mol. The number of nitrogens with one attached hydrogen (secondary N) is 1. The number of thiophene rings is 1. The van der Waals surface area contributed by atoms with Crippen LogP contribution in [0.2, 0.25) is 0 Å². The summed E-state index contributed by atoms with van der Waals surface area (Å²) in [6, 6.07) is 9.97. The standard InChI is InChI=1S/C18H19N3O2S/c1-12-9-21(7-8-23-12)10-15-19-17(22)16-14(11-24-18(16)20-15)13-5-3-2-4-6-13/h2-6,11-12H,7-10H2,1H3,(H,19,20,22)/t12-/m1/s1. The van der Waals surface area contributed by atoms with Crippen LogP contribution >= 0.6 is 11.3 Å². The SMILES string of the molecule is C[C@@H]1CN(Cc2nc3scc(-c4ccccc4)c3c(=O)[nH]2)CCO1. The minimum absolute atomic E-state index is 0.0589. The summed E-state index contributed by atoms with van der Waals surface area (Å²) in [6.45, 7) is 5.17. The van der Waals surface area contributed by atoms with E-state index >= 15 is 0 Å². The zero-order valence-electron chi connectivity index (χ0n) is 13.5. The molecule has 124 valence electrons. The Kier molecular flexibility index (Phi) is 4.18. The lowest BCUT2D eigenvalue weighted by Gasteiger charge is -2.30. The molecule has 1 aromatic carbocycles. The molecule has 0 saturated carbocycles. The van der Waals surface area contributed by atoms with Gasteiger partial charge in [-0.1, -0.05) is 30.3 Å². The minimum atomic E-state index is -0.0589. The number of hydrogen-bond donors (Lipinski definition) is 1. The van der Waals surface area contributed by atoms with Crippen LogP contribution in [0.3, 0.4) is 0 Å². The van der Waals surface area contributed by atoms with Crippen molar-refractivity contribution in [3.8, 4) is 11.1 Å². The van der Waals surface area contributed by atoms with E-state index in [4.69, 9.17) is 4.74 Å². The molecule has 0 bridgehead atoms. The molecule has 1 aliphatic heterocycles. The molecule has 0 aliphatic carbocycles. The highest BCUT2D eigenvalue weighted by Gasteiger charge is 2.19. The average molecular weight is 341 g/mol. The Morgan fingerprint density at radius 3 is 3.00 bits per heavy atom. The number of fused-ring (bicyclic) bond motifs is 1. The number of rotatable bonds is 3. The number of hydrogen-bond acceptors (Lipinski definition) is 5. The van der Waals surface area contributed by atoms with Crippen LogP contribution in [0.25, 0.3) is 21.3 Å². The zero-order chi connectivity index (χ0) is 16.5. The van der Waals surface area contributed by atoms with Gasteiger partial charge in [0.05, 0.1) is 24.6 Å². The fraction of sp³-hybridized carbons (Fsp3) is 0.333. The highest BCUT2D eigenvalue weighted by Crippen LogP contribution is 2.30. The fourth-order valence-electron chi connectivity index (χ4n) is 3.14. The number of ether oxygens (including phenoxy) is 1. The van der Waals surface area contributed by atoms with Crippen molar-refractivity contribution in [1.29, 1.82) is 0 Å². The van der Waals surface area contributed by atoms with Crippen LogP contribution in [0.5, 0.6) is 0 Å². The van der Waals surface area contributed by atoms with Crippen LogP contribution in [0.4, 0.5) is 0 Å². The third-order valence-corrected chi connectivity index (χ3v) is 5.15. The molecule has 1 fully saturated rings. The van der Waals surface area contributed by atoms with Gasteiger partial charge in [-0.05, 0) is 12.5 Å². The summed E-state index contributed by atoms with van der Waals surface area (Å²) in [5.41, 5.74) is 1.94. The second-order valence-electron chi connectivity index (χ2n) is 6.12. The normalized spacial score (nSPS) is 19.0. The predicted octanol–water partition coefficient (Wildman–Crippen LogP) is 2.87. The maximum atomic E-state index is 12.6. The fourth-order valence-corrected chi connectivity index (χ4v) is 4.11. The van der Waals surface area contributed by atoms with Crippen LogP contribution in [0.15, 0.2) is 40.5 Å². The molecule has 2 aromatic heterocycles. The van der Waals surface area contributed by atoms with Gasteiger partial charge in [-0.15, -0.1) is 11.3 Å². The maximum absolute atomic E-state index is 12.6. The van der Waals surface area contributed by atoms with E-state index in [2.05, 4.69) is 21.8 Å². The number of aromatic amines is 1. The van der Waals surface area contributed by atoms with E-state index in [-0.39, 0.29) is 11.7 Å². The molecule has 3 heterocycles. The van der Waals surface area contributed by atoms with Gasteiger partial charge in [0, 0.05) is 24.0 Å². The molecule has 1 N–H and O–H groups in total. The second-order valence-corrected chi connectivity index (χ2v) is 6.98. The van der Waals surface area contributed by atoms with Crippen LogP contribution < -0.4 is 5.56 Å². The second kappa shape index (κ2) is 6.47. The molecule has 0 radical (unpaired) electrons. The third-order valence-electron chi connectivity index (χ3n) is 4.28. The van der Waals surface area contributed by atoms with Crippen molar-refractivity contribution in [1.82, 2.24) is 14.9 Å². The van der Waals surface area contributed by atoms with Crippen molar-refractivity contribution in [3.05, 3.63) is 51.9 Å². The van der Waals surface area contributed by atoms with Crippen LogP contribution in [-0.2, 0) is 11.3 Å². The van der Waals surface area contributed by atoms with E-state index in [0.717, 1.165) is 41.5 Å².